The second-order valence-corrected chi connectivity index (χ2v) is 7.52. The van der Waals surface area contributed by atoms with E-state index in [1.54, 1.807) is 6.92 Å². The number of carbonyl (C=O) groups is 1. The van der Waals surface area contributed by atoms with E-state index in [9.17, 15) is 20.1 Å². The summed E-state index contributed by atoms with van der Waals surface area (Å²) < 4.78 is 4.80. The lowest BCUT2D eigenvalue weighted by Gasteiger charge is -2.34. The largest absolute Gasteiger partial charge is 0.428 e. The van der Waals surface area contributed by atoms with Crippen molar-refractivity contribution in [3.8, 4) is 0 Å². The Morgan fingerprint density at radius 1 is 1.20 bits per heavy atom. The summed E-state index contributed by atoms with van der Waals surface area (Å²) in [4.78, 5) is 11.9. The standard InChI is InChI=1S/C15H22O5/c1-14(2)4-7-9(6-14)15(3,19)5-8-10(11(7)16)13(18)20-12(8)17/h7,9,11-12,16-17,19H,4-6H2,1-3H3/t7-,9+,11+,12-,15+/m1/s1. The Kier molecular flexibility index (Phi) is 2.85. The van der Waals surface area contributed by atoms with Crippen LogP contribution in [0, 0.1) is 17.3 Å². The van der Waals surface area contributed by atoms with E-state index in [1.807, 2.05) is 0 Å². The topological polar surface area (TPSA) is 87.0 Å². The van der Waals surface area contributed by atoms with E-state index < -0.39 is 24.0 Å². The molecule has 0 aromatic heterocycles. The van der Waals surface area contributed by atoms with E-state index in [1.165, 1.54) is 0 Å². The van der Waals surface area contributed by atoms with E-state index in [4.69, 9.17) is 4.74 Å². The number of rotatable bonds is 0. The molecule has 3 aliphatic rings. The first kappa shape index (κ1) is 14.0. The molecule has 0 saturated heterocycles. The van der Waals surface area contributed by atoms with Crippen molar-refractivity contribution in [1.82, 2.24) is 0 Å². The highest BCUT2D eigenvalue weighted by molar-refractivity contribution is 5.93. The predicted molar refractivity (Wildman–Crippen MR) is 70.4 cm³/mol. The molecule has 0 aromatic carbocycles. The maximum atomic E-state index is 11.9. The molecule has 5 heteroatoms. The van der Waals surface area contributed by atoms with Crippen molar-refractivity contribution >= 4 is 5.97 Å². The number of ether oxygens (including phenoxy) is 1. The quantitative estimate of drug-likeness (QED) is 0.570. The van der Waals surface area contributed by atoms with E-state index in [0.717, 1.165) is 12.8 Å². The van der Waals surface area contributed by atoms with Crippen molar-refractivity contribution in [3.63, 3.8) is 0 Å². The fourth-order valence-corrected chi connectivity index (χ4v) is 4.35. The molecule has 1 heterocycles. The molecule has 20 heavy (non-hydrogen) atoms. The van der Waals surface area contributed by atoms with Gasteiger partial charge in [-0.15, -0.1) is 0 Å². The van der Waals surface area contributed by atoms with Crippen LogP contribution in [-0.4, -0.2) is 39.3 Å². The minimum atomic E-state index is -1.33. The Balaban J connectivity index is 2.07. The smallest absolute Gasteiger partial charge is 0.339 e. The molecule has 0 bridgehead atoms. The number of carbonyl (C=O) groups excluding carboxylic acids is 1. The van der Waals surface area contributed by atoms with Gasteiger partial charge in [0.1, 0.15) is 0 Å². The Morgan fingerprint density at radius 2 is 1.85 bits per heavy atom. The van der Waals surface area contributed by atoms with Gasteiger partial charge in [-0.3, -0.25) is 0 Å². The van der Waals surface area contributed by atoms with Crippen LogP contribution in [0.25, 0.3) is 0 Å². The van der Waals surface area contributed by atoms with Gasteiger partial charge in [0.05, 0.1) is 17.3 Å². The van der Waals surface area contributed by atoms with Gasteiger partial charge >= 0.3 is 5.97 Å². The summed E-state index contributed by atoms with van der Waals surface area (Å²) in [5.74, 6) is -0.912. The fraction of sp³-hybridized carbons (Fsp3) is 0.800. The first-order chi connectivity index (χ1) is 9.12. The molecule has 112 valence electrons. The third-order valence-corrected chi connectivity index (χ3v) is 5.21. The summed E-state index contributed by atoms with van der Waals surface area (Å²) in [6, 6.07) is 0. The van der Waals surface area contributed by atoms with Crippen LogP contribution in [-0.2, 0) is 9.53 Å². The van der Waals surface area contributed by atoms with Crippen LogP contribution in [0.4, 0.5) is 0 Å². The van der Waals surface area contributed by atoms with Crippen LogP contribution in [0.2, 0.25) is 0 Å². The second-order valence-electron chi connectivity index (χ2n) is 7.52. The Morgan fingerprint density at radius 3 is 2.50 bits per heavy atom. The average Bonchev–Trinajstić information content (AvgIpc) is 2.74. The van der Waals surface area contributed by atoms with Crippen LogP contribution in [0.3, 0.4) is 0 Å². The maximum Gasteiger partial charge on any atom is 0.339 e. The average molecular weight is 282 g/mol. The predicted octanol–water partition coefficient (Wildman–Crippen LogP) is 0.726. The summed E-state index contributed by atoms with van der Waals surface area (Å²) in [6.45, 7) is 5.95. The van der Waals surface area contributed by atoms with Gasteiger partial charge in [-0.2, -0.15) is 0 Å². The van der Waals surface area contributed by atoms with Crippen molar-refractivity contribution < 1.29 is 24.9 Å². The molecule has 5 atom stereocenters. The molecule has 2 aliphatic carbocycles. The zero-order chi connectivity index (χ0) is 14.9. The van der Waals surface area contributed by atoms with Crippen LogP contribution >= 0.6 is 0 Å². The molecule has 1 saturated carbocycles. The van der Waals surface area contributed by atoms with E-state index in [0.29, 0.717) is 5.57 Å². The van der Waals surface area contributed by atoms with Crippen LogP contribution in [0.15, 0.2) is 11.1 Å². The summed E-state index contributed by atoms with van der Waals surface area (Å²) >= 11 is 0. The minimum absolute atomic E-state index is 0.0273. The summed E-state index contributed by atoms with van der Waals surface area (Å²) in [5, 5.41) is 31.2. The molecule has 0 unspecified atom stereocenters. The van der Waals surface area contributed by atoms with E-state index in [-0.39, 0.29) is 29.2 Å². The molecular weight excluding hydrogens is 260 g/mol. The first-order valence-electron chi connectivity index (χ1n) is 7.15. The Bertz CT molecular complexity index is 490. The molecule has 0 amide bonds. The Hall–Kier alpha value is -0.910. The highest BCUT2D eigenvalue weighted by Crippen LogP contribution is 2.55. The number of esters is 1. The molecule has 0 spiro atoms. The van der Waals surface area contributed by atoms with Crippen molar-refractivity contribution in [2.75, 3.05) is 0 Å². The number of aliphatic hydroxyl groups excluding tert-OH is 2. The highest BCUT2D eigenvalue weighted by atomic mass is 16.6. The van der Waals surface area contributed by atoms with Crippen molar-refractivity contribution in [2.24, 2.45) is 17.3 Å². The van der Waals surface area contributed by atoms with Crippen molar-refractivity contribution in [2.45, 2.75) is 58.0 Å². The molecule has 3 N–H and O–H groups in total. The molecule has 5 nitrogen and oxygen atoms in total. The van der Waals surface area contributed by atoms with Crippen molar-refractivity contribution in [1.29, 1.82) is 0 Å². The Labute approximate surface area is 118 Å². The van der Waals surface area contributed by atoms with Crippen LogP contribution in [0.5, 0.6) is 0 Å². The van der Waals surface area contributed by atoms with Gasteiger partial charge in [0.2, 0.25) is 6.29 Å². The van der Waals surface area contributed by atoms with Gasteiger partial charge < -0.3 is 20.1 Å². The van der Waals surface area contributed by atoms with Gasteiger partial charge in [-0.05, 0) is 37.0 Å². The molecule has 0 aromatic rings. The number of fused-ring (bicyclic) bond motifs is 1. The lowest BCUT2D eigenvalue weighted by Crippen LogP contribution is -2.40. The first-order valence-corrected chi connectivity index (χ1v) is 7.15. The molecular formula is C15H22O5. The summed E-state index contributed by atoms with van der Waals surface area (Å²) in [7, 11) is 0. The van der Waals surface area contributed by atoms with Crippen LogP contribution < -0.4 is 0 Å². The number of hydrogen-bond acceptors (Lipinski definition) is 5. The number of aliphatic hydroxyl groups is 3. The zero-order valence-corrected chi connectivity index (χ0v) is 12.1. The van der Waals surface area contributed by atoms with Gasteiger partial charge in [-0.25, -0.2) is 4.79 Å². The highest BCUT2D eigenvalue weighted by Gasteiger charge is 2.56. The van der Waals surface area contributed by atoms with E-state index >= 15 is 0 Å². The van der Waals surface area contributed by atoms with Crippen LogP contribution in [0.1, 0.15) is 40.0 Å². The van der Waals surface area contributed by atoms with Crippen molar-refractivity contribution in [3.05, 3.63) is 11.1 Å². The third-order valence-electron chi connectivity index (χ3n) is 5.21. The monoisotopic (exact) mass is 282 g/mol. The third kappa shape index (κ3) is 1.91. The minimum Gasteiger partial charge on any atom is -0.428 e. The molecule has 3 rings (SSSR count). The number of cyclic esters (lactones) is 1. The second kappa shape index (κ2) is 4.06. The summed E-state index contributed by atoms with van der Waals surface area (Å²) in [5.41, 5.74) is -0.506. The normalized spacial score (nSPS) is 46.8. The molecule has 1 fully saturated rings. The maximum absolute atomic E-state index is 11.9. The van der Waals surface area contributed by atoms with Gasteiger partial charge in [0.15, 0.2) is 0 Å². The SMILES string of the molecule is CC1(C)C[C@H]2[C@H](O)C3=C(C[C@](C)(O)[C@H]2C1)[C@H](O)OC3=O. The van der Waals surface area contributed by atoms with Gasteiger partial charge in [0.25, 0.3) is 0 Å². The summed E-state index contributed by atoms with van der Waals surface area (Å²) in [6.07, 6.45) is -0.576. The van der Waals surface area contributed by atoms with Gasteiger partial charge in [-0.1, -0.05) is 13.8 Å². The fourth-order valence-electron chi connectivity index (χ4n) is 4.35. The number of hydrogen-bond donors (Lipinski definition) is 3. The molecule has 0 radical (unpaired) electrons. The molecule has 1 aliphatic heterocycles. The van der Waals surface area contributed by atoms with E-state index in [2.05, 4.69) is 13.8 Å². The van der Waals surface area contributed by atoms with Gasteiger partial charge in [0, 0.05) is 12.0 Å². The lowest BCUT2D eigenvalue weighted by molar-refractivity contribution is -0.154. The zero-order valence-electron chi connectivity index (χ0n) is 12.1. The lowest BCUT2D eigenvalue weighted by atomic mass is 9.78.